The van der Waals surface area contributed by atoms with Crippen molar-refractivity contribution in [2.45, 2.75) is 64.8 Å². The van der Waals surface area contributed by atoms with Gasteiger partial charge < -0.3 is 15.4 Å². The van der Waals surface area contributed by atoms with Gasteiger partial charge in [-0.25, -0.2) is 4.98 Å². The number of carbonyl (C=O) groups excluding carboxylic acids is 1. The summed E-state index contributed by atoms with van der Waals surface area (Å²) in [4.78, 5) is 15.3. The van der Waals surface area contributed by atoms with E-state index in [4.69, 9.17) is 4.74 Å². The van der Waals surface area contributed by atoms with Crippen molar-refractivity contribution in [2.75, 3.05) is 5.32 Å². The highest BCUT2D eigenvalue weighted by Crippen LogP contribution is 2.37. The maximum Gasteiger partial charge on any atom is 0.223 e. The molecule has 2 rings (SSSR count). The van der Waals surface area contributed by atoms with Gasteiger partial charge in [0.05, 0.1) is 16.9 Å². The molecule has 1 fully saturated rings. The molecule has 0 radical (unpaired) electrons. The minimum absolute atomic E-state index is 0.0917. The number of amides is 1. The highest BCUT2D eigenvalue weighted by atomic mass is 32.1. The van der Waals surface area contributed by atoms with E-state index in [0.29, 0.717) is 17.7 Å². The average Bonchev–Trinajstić information content (AvgIpc) is 2.76. The lowest BCUT2D eigenvalue weighted by atomic mass is 9.94. The number of hydrogen-bond donors (Lipinski definition) is 2. The number of nitrogens with zero attached hydrogens (tertiary/aromatic N) is 1. The van der Waals surface area contributed by atoms with Crippen molar-refractivity contribution in [3.63, 3.8) is 0 Å². The van der Waals surface area contributed by atoms with E-state index in [-0.39, 0.29) is 17.1 Å². The maximum absolute atomic E-state index is 11.0. The maximum atomic E-state index is 11.0. The number of ether oxygens (including phenoxy) is 1. The van der Waals surface area contributed by atoms with Gasteiger partial charge in [0.25, 0.3) is 0 Å². The molecule has 2 heterocycles. The zero-order chi connectivity index (χ0) is 15.0. The molecule has 0 unspecified atom stereocenters. The summed E-state index contributed by atoms with van der Waals surface area (Å²) in [6.07, 6.45) is 0.975. The van der Waals surface area contributed by atoms with Crippen LogP contribution in [0.25, 0.3) is 0 Å². The Balaban J connectivity index is 1.92. The standard InChI is InChI=1S/C14H23N3O2S/c1-9(18)16-12-17-10(8-20-12)7-15-11-6-13(2,3)19-14(11,4)5/h8,11,15H,6-7H2,1-5H3,(H,16,17,18)/t11-/m0/s1. The van der Waals surface area contributed by atoms with Crippen LogP contribution in [-0.4, -0.2) is 28.1 Å². The van der Waals surface area contributed by atoms with Crippen LogP contribution in [0.15, 0.2) is 5.38 Å². The predicted octanol–water partition coefficient (Wildman–Crippen LogP) is 2.54. The van der Waals surface area contributed by atoms with Crippen molar-refractivity contribution in [2.24, 2.45) is 0 Å². The van der Waals surface area contributed by atoms with Gasteiger partial charge in [-0.15, -0.1) is 11.3 Å². The molecule has 0 aromatic carbocycles. The molecule has 1 aliphatic heterocycles. The number of rotatable bonds is 4. The molecule has 1 aliphatic rings. The van der Waals surface area contributed by atoms with Crippen molar-refractivity contribution in [1.29, 1.82) is 0 Å². The second-order valence-corrected chi connectivity index (χ2v) is 7.29. The Morgan fingerprint density at radius 3 is 2.75 bits per heavy atom. The molecule has 0 saturated carbocycles. The van der Waals surface area contributed by atoms with E-state index in [9.17, 15) is 4.79 Å². The number of carbonyl (C=O) groups is 1. The van der Waals surface area contributed by atoms with Crippen LogP contribution in [0.4, 0.5) is 5.13 Å². The van der Waals surface area contributed by atoms with E-state index >= 15 is 0 Å². The third kappa shape index (κ3) is 3.77. The first kappa shape index (κ1) is 15.4. The van der Waals surface area contributed by atoms with E-state index < -0.39 is 0 Å². The molecule has 1 aromatic rings. The molecule has 0 spiro atoms. The number of hydrogen-bond acceptors (Lipinski definition) is 5. The van der Waals surface area contributed by atoms with Crippen LogP contribution >= 0.6 is 11.3 Å². The highest BCUT2D eigenvalue weighted by Gasteiger charge is 2.45. The lowest BCUT2D eigenvalue weighted by Crippen LogP contribution is -2.43. The quantitative estimate of drug-likeness (QED) is 0.896. The third-order valence-corrected chi connectivity index (χ3v) is 4.25. The van der Waals surface area contributed by atoms with Crippen LogP contribution in [-0.2, 0) is 16.1 Å². The Morgan fingerprint density at radius 1 is 1.50 bits per heavy atom. The van der Waals surface area contributed by atoms with Crippen LogP contribution in [0.3, 0.4) is 0 Å². The van der Waals surface area contributed by atoms with Gasteiger partial charge in [0.1, 0.15) is 0 Å². The van der Waals surface area contributed by atoms with Crippen molar-refractivity contribution >= 4 is 22.4 Å². The smallest absolute Gasteiger partial charge is 0.223 e. The fourth-order valence-corrected chi connectivity index (χ4v) is 3.46. The van der Waals surface area contributed by atoms with Gasteiger partial charge in [-0.2, -0.15) is 0 Å². The van der Waals surface area contributed by atoms with Crippen molar-refractivity contribution in [1.82, 2.24) is 10.3 Å². The minimum atomic E-state index is -0.181. The van der Waals surface area contributed by atoms with Crippen LogP contribution in [0, 0.1) is 0 Å². The molecule has 1 aromatic heterocycles. The monoisotopic (exact) mass is 297 g/mol. The minimum Gasteiger partial charge on any atom is -0.368 e. The summed E-state index contributed by atoms with van der Waals surface area (Å²) >= 11 is 1.45. The van der Waals surface area contributed by atoms with Crippen LogP contribution in [0.5, 0.6) is 0 Å². The first-order valence-electron chi connectivity index (χ1n) is 6.83. The SMILES string of the molecule is CC(=O)Nc1nc(CN[C@H]2CC(C)(C)OC2(C)C)cs1. The summed E-state index contributed by atoms with van der Waals surface area (Å²) < 4.78 is 6.06. The van der Waals surface area contributed by atoms with E-state index in [1.165, 1.54) is 18.3 Å². The van der Waals surface area contributed by atoms with Gasteiger partial charge in [0.15, 0.2) is 5.13 Å². The Kier molecular flexibility index (Phi) is 4.18. The van der Waals surface area contributed by atoms with E-state index in [0.717, 1.165) is 12.1 Å². The third-order valence-electron chi connectivity index (χ3n) is 3.44. The molecular weight excluding hydrogens is 274 g/mol. The van der Waals surface area contributed by atoms with Crippen LogP contribution < -0.4 is 10.6 Å². The summed E-state index contributed by atoms with van der Waals surface area (Å²) in [7, 11) is 0. The first-order valence-corrected chi connectivity index (χ1v) is 7.71. The predicted molar refractivity (Wildman–Crippen MR) is 80.9 cm³/mol. The lowest BCUT2D eigenvalue weighted by Gasteiger charge is -2.27. The molecule has 5 nitrogen and oxygen atoms in total. The molecule has 112 valence electrons. The highest BCUT2D eigenvalue weighted by molar-refractivity contribution is 7.13. The van der Waals surface area contributed by atoms with Gasteiger partial charge in [-0.1, -0.05) is 0 Å². The van der Waals surface area contributed by atoms with Gasteiger partial charge in [0, 0.05) is 24.9 Å². The second-order valence-electron chi connectivity index (χ2n) is 6.43. The van der Waals surface area contributed by atoms with E-state index in [2.05, 4.69) is 43.3 Å². The second kappa shape index (κ2) is 5.42. The molecular formula is C14H23N3O2S. The normalized spacial score (nSPS) is 23.8. The number of anilines is 1. The van der Waals surface area contributed by atoms with Crippen molar-refractivity contribution in [3.8, 4) is 0 Å². The summed E-state index contributed by atoms with van der Waals surface area (Å²) in [5.74, 6) is -0.0917. The zero-order valence-electron chi connectivity index (χ0n) is 12.7. The van der Waals surface area contributed by atoms with Gasteiger partial charge in [0.2, 0.25) is 5.91 Å². The fourth-order valence-electron chi connectivity index (χ4n) is 2.70. The molecule has 20 heavy (non-hydrogen) atoms. The van der Waals surface area contributed by atoms with E-state index in [1.807, 2.05) is 5.38 Å². The zero-order valence-corrected chi connectivity index (χ0v) is 13.6. The topological polar surface area (TPSA) is 63.2 Å². The van der Waals surface area contributed by atoms with Gasteiger partial charge >= 0.3 is 0 Å². The summed E-state index contributed by atoms with van der Waals surface area (Å²) in [5, 5.41) is 8.83. The molecule has 1 atom stereocenters. The van der Waals surface area contributed by atoms with Crippen LogP contribution in [0.2, 0.25) is 0 Å². The molecule has 2 N–H and O–H groups in total. The molecule has 6 heteroatoms. The van der Waals surface area contributed by atoms with Crippen molar-refractivity contribution in [3.05, 3.63) is 11.1 Å². The number of nitrogens with one attached hydrogen (secondary N) is 2. The summed E-state index contributed by atoms with van der Waals surface area (Å²) in [6, 6.07) is 0.295. The summed E-state index contributed by atoms with van der Waals surface area (Å²) in [5.41, 5.74) is 0.671. The molecule has 1 saturated heterocycles. The first-order chi connectivity index (χ1) is 9.18. The van der Waals surface area contributed by atoms with Gasteiger partial charge in [-0.3, -0.25) is 4.79 Å². The summed E-state index contributed by atoms with van der Waals surface area (Å²) in [6.45, 7) is 10.6. The molecule has 1 amide bonds. The van der Waals surface area contributed by atoms with Gasteiger partial charge in [-0.05, 0) is 34.1 Å². The Morgan fingerprint density at radius 2 is 2.20 bits per heavy atom. The Labute approximate surface area is 124 Å². The Bertz CT molecular complexity index is 496. The number of thiazole rings is 1. The molecule has 0 aliphatic carbocycles. The lowest BCUT2D eigenvalue weighted by molar-refractivity contribution is -0.114. The fraction of sp³-hybridized carbons (Fsp3) is 0.714. The average molecular weight is 297 g/mol. The van der Waals surface area contributed by atoms with Crippen molar-refractivity contribution < 1.29 is 9.53 Å². The van der Waals surface area contributed by atoms with E-state index in [1.54, 1.807) is 0 Å². The molecule has 0 bridgehead atoms. The Hall–Kier alpha value is -0.980. The number of aromatic nitrogens is 1. The van der Waals surface area contributed by atoms with Crippen LogP contribution in [0.1, 0.15) is 46.7 Å². The largest absolute Gasteiger partial charge is 0.368 e.